The summed E-state index contributed by atoms with van der Waals surface area (Å²) in [5, 5.41) is 22.2. The number of rotatable bonds is 12. The highest BCUT2D eigenvalue weighted by Gasteiger charge is 2.20. The lowest BCUT2D eigenvalue weighted by Crippen LogP contribution is -2.23. The van der Waals surface area contributed by atoms with E-state index in [0.29, 0.717) is 36.7 Å². The number of amides is 1. The molecule has 0 saturated carbocycles. The van der Waals surface area contributed by atoms with E-state index in [4.69, 9.17) is 17.3 Å². The lowest BCUT2D eigenvalue weighted by molar-refractivity contribution is -0.121. The zero-order chi connectivity index (χ0) is 27.0. The van der Waals surface area contributed by atoms with Crippen molar-refractivity contribution in [3.8, 4) is 34.9 Å². The SMILES string of the molecule is C#CCCCCNC(=O)CCCCCn1nc(N)c2cc(-c3c(-c4ccccc4)nn4ccccc34)nnc21. The van der Waals surface area contributed by atoms with Crippen LogP contribution in [-0.2, 0) is 11.3 Å². The van der Waals surface area contributed by atoms with Gasteiger partial charge in [-0.3, -0.25) is 4.79 Å². The summed E-state index contributed by atoms with van der Waals surface area (Å²) in [6, 6.07) is 18.0. The topological polar surface area (TPSA) is 116 Å². The number of unbranched alkanes of at least 4 members (excludes halogenated alkanes) is 4. The van der Waals surface area contributed by atoms with Crippen molar-refractivity contribution < 1.29 is 4.79 Å². The molecule has 4 heterocycles. The fourth-order valence-electron chi connectivity index (χ4n) is 4.72. The summed E-state index contributed by atoms with van der Waals surface area (Å²) < 4.78 is 3.66. The third-order valence-corrected chi connectivity index (χ3v) is 6.71. The fourth-order valence-corrected chi connectivity index (χ4v) is 4.72. The van der Waals surface area contributed by atoms with Crippen LogP contribution in [-0.4, -0.2) is 42.0 Å². The summed E-state index contributed by atoms with van der Waals surface area (Å²) in [4.78, 5) is 12.0. The molecule has 5 aromatic rings. The van der Waals surface area contributed by atoms with Crippen molar-refractivity contribution in [2.75, 3.05) is 12.3 Å². The molecule has 5 rings (SSSR count). The molecule has 4 aromatic heterocycles. The number of carbonyl (C=O) groups is 1. The molecule has 0 aliphatic rings. The van der Waals surface area contributed by atoms with Gasteiger partial charge >= 0.3 is 0 Å². The summed E-state index contributed by atoms with van der Waals surface area (Å²) in [6.45, 7) is 1.34. The van der Waals surface area contributed by atoms with E-state index in [2.05, 4.69) is 26.5 Å². The monoisotopic (exact) mass is 520 g/mol. The van der Waals surface area contributed by atoms with Crippen LogP contribution in [0.2, 0.25) is 0 Å². The maximum absolute atomic E-state index is 12.0. The summed E-state index contributed by atoms with van der Waals surface area (Å²) >= 11 is 0. The van der Waals surface area contributed by atoms with Gasteiger partial charge in [-0.2, -0.15) is 10.2 Å². The predicted octanol–water partition coefficient (Wildman–Crippen LogP) is 4.87. The number of nitrogens with one attached hydrogen (secondary N) is 1. The first-order valence-corrected chi connectivity index (χ1v) is 13.4. The molecule has 198 valence electrons. The summed E-state index contributed by atoms with van der Waals surface area (Å²) in [6.07, 6.45) is 12.9. The molecule has 3 N–H and O–H groups in total. The Balaban J connectivity index is 1.27. The van der Waals surface area contributed by atoms with Gasteiger partial charge in [-0.15, -0.1) is 22.5 Å². The van der Waals surface area contributed by atoms with Crippen molar-refractivity contribution in [3.05, 3.63) is 60.8 Å². The number of nitrogens with zero attached hydrogens (tertiary/aromatic N) is 6. The molecule has 0 aliphatic carbocycles. The molecule has 1 amide bonds. The molecule has 0 aliphatic heterocycles. The lowest BCUT2D eigenvalue weighted by atomic mass is 10.0. The Bertz CT molecular complexity index is 1610. The number of terminal acetylenes is 1. The Labute approximate surface area is 227 Å². The van der Waals surface area contributed by atoms with Crippen molar-refractivity contribution in [2.45, 2.75) is 51.5 Å². The minimum Gasteiger partial charge on any atom is -0.382 e. The second kappa shape index (κ2) is 12.2. The molecule has 0 atom stereocenters. The fraction of sp³-hybridized carbons (Fsp3) is 0.300. The quantitative estimate of drug-likeness (QED) is 0.179. The second-order valence-electron chi connectivity index (χ2n) is 9.52. The van der Waals surface area contributed by atoms with Gasteiger partial charge in [0.15, 0.2) is 11.5 Å². The average molecular weight is 521 g/mol. The number of fused-ring (bicyclic) bond motifs is 2. The molecule has 0 radical (unpaired) electrons. The molecular weight excluding hydrogens is 488 g/mol. The molecule has 1 aromatic carbocycles. The number of hydrogen-bond donors (Lipinski definition) is 2. The van der Waals surface area contributed by atoms with Gasteiger partial charge in [0.1, 0.15) is 5.69 Å². The van der Waals surface area contributed by atoms with E-state index in [1.807, 2.05) is 65.3 Å². The normalized spacial score (nSPS) is 11.2. The Kier molecular flexibility index (Phi) is 8.12. The van der Waals surface area contributed by atoms with Crippen molar-refractivity contribution in [3.63, 3.8) is 0 Å². The third-order valence-electron chi connectivity index (χ3n) is 6.71. The molecule has 0 saturated heterocycles. The lowest BCUT2D eigenvalue weighted by Gasteiger charge is -2.06. The zero-order valence-electron chi connectivity index (χ0n) is 21.9. The summed E-state index contributed by atoms with van der Waals surface area (Å²) in [5.74, 6) is 3.12. The average Bonchev–Trinajstić information content (AvgIpc) is 3.50. The highest BCUT2D eigenvalue weighted by Crippen LogP contribution is 2.35. The van der Waals surface area contributed by atoms with Gasteiger partial charge in [-0.05, 0) is 43.9 Å². The van der Waals surface area contributed by atoms with Gasteiger partial charge < -0.3 is 11.1 Å². The third kappa shape index (κ3) is 5.91. The van der Waals surface area contributed by atoms with Crippen molar-refractivity contribution >= 4 is 28.3 Å². The van der Waals surface area contributed by atoms with Crippen molar-refractivity contribution in [1.82, 2.24) is 34.9 Å². The van der Waals surface area contributed by atoms with Gasteiger partial charge in [-0.25, -0.2) is 9.20 Å². The molecule has 0 unspecified atom stereocenters. The zero-order valence-corrected chi connectivity index (χ0v) is 21.9. The van der Waals surface area contributed by atoms with Crippen LogP contribution >= 0.6 is 0 Å². The second-order valence-corrected chi connectivity index (χ2v) is 9.52. The van der Waals surface area contributed by atoms with Crippen molar-refractivity contribution in [2.24, 2.45) is 0 Å². The van der Waals surface area contributed by atoms with Gasteiger partial charge in [0, 0.05) is 37.7 Å². The van der Waals surface area contributed by atoms with E-state index in [1.54, 1.807) is 4.68 Å². The molecule has 9 heteroatoms. The Morgan fingerprint density at radius 1 is 0.974 bits per heavy atom. The largest absolute Gasteiger partial charge is 0.382 e. The van der Waals surface area contributed by atoms with E-state index in [-0.39, 0.29) is 5.91 Å². The Hall–Kier alpha value is -4.71. The summed E-state index contributed by atoms with van der Waals surface area (Å²) in [5.41, 5.74) is 11.3. The molecular formula is C30H32N8O. The number of carbonyl (C=O) groups excluding carboxylic acids is 1. The number of nitrogens with two attached hydrogens (primary N) is 1. The highest BCUT2D eigenvalue weighted by molar-refractivity contribution is 5.95. The van der Waals surface area contributed by atoms with Crippen LogP contribution in [0.15, 0.2) is 60.8 Å². The van der Waals surface area contributed by atoms with Gasteiger partial charge in [0.05, 0.1) is 22.2 Å². The van der Waals surface area contributed by atoms with E-state index in [1.165, 1.54) is 0 Å². The van der Waals surface area contributed by atoms with E-state index in [0.717, 1.165) is 66.2 Å². The van der Waals surface area contributed by atoms with Crippen LogP contribution < -0.4 is 11.1 Å². The number of nitrogen functional groups attached to an aromatic ring is 1. The summed E-state index contributed by atoms with van der Waals surface area (Å²) in [7, 11) is 0. The minimum absolute atomic E-state index is 0.0884. The highest BCUT2D eigenvalue weighted by atomic mass is 16.1. The molecule has 9 nitrogen and oxygen atoms in total. The molecule has 39 heavy (non-hydrogen) atoms. The number of aromatic nitrogens is 6. The first-order chi connectivity index (χ1) is 19.2. The minimum atomic E-state index is 0.0884. The Morgan fingerprint density at radius 3 is 2.67 bits per heavy atom. The maximum Gasteiger partial charge on any atom is 0.219 e. The number of benzene rings is 1. The van der Waals surface area contributed by atoms with Gasteiger partial charge in [0.25, 0.3) is 0 Å². The number of hydrogen-bond acceptors (Lipinski definition) is 6. The van der Waals surface area contributed by atoms with Crippen molar-refractivity contribution in [1.29, 1.82) is 0 Å². The van der Waals surface area contributed by atoms with E-state index in [9.17, 15) is 4.79 Å². The number of aryl methyl sites for hydroxylation is 1. The van der Waals surface area contributed by atoms with Crippen LogP contribution in [0, 0.1) is 12.3 Å². The van der Waals surface area contributed by atoms with Crippen LogP contribution in [0.4, 0.5) is 5.82 Å². The smallest absolute Gasteiger partial charge is 0.219 e. The number of anilines is 1. The van der Waals surface area contributed by atoms with E-state index < -0.39 is 0 Å². The number of pyridine rings is 1. The first-order valence-electron chi connectivity index (χ1n) is 13.4. The van der Waals surface area contributed by atoms with Crippen LogP contribution in [0.5, 0.6) is 0 Å². The van der Waals surface area contributed by atoms with E-state index >= 15 is 0 Å². The van der Waals surface area contributed by atoms with Gasteiger partial charge in [-0.1, -0.05) is 42.8 Å². The van der Waals surface area contributed by atoms with Crippen LogP contribution in [0.25, 0.3) is 39.1 Å². The standard InChI is InChI=1S/C30H32N8O/c1-2-3-4-11-18-32-26(39)17-9-6-12-20-38-30-23(29(31)36-38)21-24(33-34-30)27-25-16-10-13-19-37(25)35-28(27)22-14-7-5-8-15-22/h1,5,7-8,10,13-16,19,21H,3-4,6,9,11-12,17-18,20H2,(H2,31,36)(H,32,39). The van der Waals surface area contributed by atoms with Crippen LogP contribution in [0.1, 0.15) is 44.9 Å². The van der Waals surface area contributed by atoms with Gasteiger partial charge in [0.2, 0.25) is 5.91 Å². The predicted molar refractivity (Wildman–Crippen MR) is 154 cm³/mol. The van der Waals surface area contributed by atoms with Crippen LogP contribution in [0.3, 0.4) is 0 Å². The molecule has 0 fully saturated rings. The first kappa shape index (κ1) is 25.9. The molecule has 0 bridgehead atoms. The Morgan fingerprint density at radius 2 is 1.82 bits per heavy atom. The molecule has 0 spiro atoms. The maximum atomic E-state index is 12.0.